The highest BCUT2D eigenvalue weighted by molar-refractivity contribution is 6.31. The Morgan fingerprint density at radius 2 is 2.25 bits per heavy atom. The summed E-state index contributed by atoms with van der Waals surface area (Å²) < 4.78 is 0. The van der Waals surface area contributed by atoms with Crippen molar-refractivity contribution < 1.29 is 9.90 Å². The maximum absolute atomic E-state index is 11.9. The average Bonchev–Trinajstić information content (AvgIpc) is 3.05. The lowest BCUT2D eigenvalue weighted by Gasteiger charge is -2.14. The van der Waals surface area contributed by atoms with Crippen LogP contribution in [0.5, 0.6) is 0 Å². The maximum atomic E-state index is 11.9. The Kier molecular flexibility index (Phi) is 2.91. The number of hydrogen-bond acceptors (Lipinski definition) is 2. The third-order valence-electron chi connectivity index (χ3n) is 3.15. The number of aliphatic hydroxyl groups is 1. The molecule has 2 rings (SSSR count). The molecule has 3 nitrogen and oxygen atoms in total. The first kappa shape index (κ1) is 11.4. The van der Waals surface area contributed by atoms with Crippen LogP contribution in [-0.4, -0.2) is 17.6 Å². The number of aliphatic hydroxyl groups excluding tert-OH is 1. The van der Waals surface area contributed by atoms with Gasteiger partial charge in [0, 0.05) is 10.7 Å². The minimum atomic E-state index is -0.547. The smallest absolute Gasteiger partial charge is 0.232 e. The molecule has 86 valence electrons. The van der Waals surface area contributed by atoms with Crippen molar-refractivity contribution in [3.8, 4) is 0 Å². The largest absolute Gasteiger partial charge is 0.395 e. The summed E-state index contributed by atoms with van der Waals surface area (Å²) in [4.78, 5) is 11.9. The molecule has 0 saturated heterocycles. The van der Waals surface area contributed by atoms with Gasteiger partial charge in [0.2, 0.25) is 5.91 Å². The van der Waals surface area contributed by atoms with E-state index in [4.69, 9.17) is 16.7 Å². The van der Waals surface area contributed by atoms with Gasteiger partial charge in [-0.3, -0.25) is 4.79 Å². The number of carbonyl (C=O) groups excluding carboxylic acids is 1. The fraction of sp³-hybridized carbons (Fsp3) is 0.417. The van der Waals surface area contributed by atoms with Gasteiger partial charge in [-0.05, 0) is 37.5 Å². The summed E-state index contributed by atoms with van der Waals surface area (Å²) in [6.07, 6.45) is 1.52. The van der Waals surface area contributed by atoms with E-state index >= 15 is 0 Å². The van der Waals surface area contributed by atoms with Crippen LogP contribution in [-0.2, 0) is 4.79 Å². The first-order valence-electron chi connectivity index (χ1n) is 5.26. The number of hydrogen-bond donors (Lipinski definition) is 2. The topological polar surface area (TPSA) is 49.3 Å². The van der Waals surface area contributed by atoms with Gasteiger partial charge in [0.1, 0.15) is 0 Å². The lowest BCUT2D eigenvalue weighted by molar-refractivity contribution is -0.122. The van der Waals surface area contributed by atoms with E-state index in [1.165, 1.54) is 0 Å². The van der Waals surface area contributed by atoms with Gasteiger partial charge in [-0.25, -0.2) is 0 Å². The zero-order valence-electron chi connectivity index (χ0n) is 9.09. The lowest BCUT2D eigenvalue weighted by atomic mass is 10.1. The van der Waals surface area contributed by atoms with Gasteiger partial charge in [0.25, 0.3) is 0 Å². The monoisotopic (exact) mass is 239 g/mol. The molecule has 2 N–H and O–H groups in total. The molecule has 1 aliphatic carbocycles. The van der Waals surface area contributed by atoms with Gasteiger partial charge in [-0.1, -0.05) is 17.7 Å². The fourth-order valence-corrected chi connectivity index (χ4v) is 1.78. The fourth-order valence-electron chi connectivity index (χ4n) is 1.61. The van der Waals surface area contributed by atoms with Crippen molar-refractivity contribution in [1.29, 1.82) is 0 Å². The van der Waals surface area contributed by atoms with Gasteiger partial charge in [-0.15, -0.1) is 0 Å². The van der Waals surface area contributed by atoms with Crippen LogP contribution in [0.2, 0.25) is 5.02 Å². The van der Waals surface area contributed by atoms with Gasteiger partial charge in [0.05, 0.1) is 12.0 Å². The Labute approximate surface area is 99.4 Å². The summed E-state index contributed by atoms with van der Waals surface area (Å²) in [7, 11) is 0. The molecule has 4 heteroatoms. The minimum absolute atomic E-state index is 0.0849. The first-order valence-corrected chi connectivity index (χ1v) is 5.64. The molecule has 0 aliphatic heterocycles. The zero-order chi connectivity index (χ0) is 11.8. The molecule has 0 radical (unpaired) electrons. The van der Waals surface area contributed by atoms with Crippen LogP contribution in [0.4, 0.5) is 5.69 Å². The molecule has 0 spiro atoms. The van der Waals surface area contributed by atoms with Gasteiger partial charge in [-0.2, -0.15) is 0 Å². The summed E-state index contributed by atoms with van der Waals surface area (Å²) in [6, 6.07) is 5.39. The number of nitrogens with one attached hydrogen (secondary N) is 1. The van der Waals surface area contributed by atoms with Crippen molar-refractivity contribution in [3.63, 3.8) is 0 Å². The van der Waals surface area contributed by atoms with Crippen molar-refractivity contribution >= 4 is 23.2 Å². The molecular formula is C12H14ClNO2. The van der Waals surface area contributed by atoms with Crippen LogP contribution in [0, 0.1) is 12.3 Å². The number of rotatable bonds is 3. The molecule has 1 saturated carbocycles. The van der Waals surface area contributed by atoms with Gasteiger partial charge >= 0.3 is 0 Å². The standard InChI is InChI=1S/C12H14ClNO2/c1-8-9(13)3-2-4-10(8)14-11(16)12(7-15)5-6-12/h2-4,15H,5-7H2,1H3,(H,14,16). The summed E-state index contributed by atoms with van der Waals surface area (Å²) in [5.41, 5.74) is 1.03. The van der Waals surface area contributed by atoms with Crippen LogP contribution >= 0.6 is 11.6 Å². The van der Waals surface area contributed by atoms with Gasteiger partial charge in [0.15, 0.2) is 0 Å². The van der Waals surface area contributed by atoms with Crippen LogP contribution in [0.3, 0.4) is 0 Å². The molecular weight excluding hydrogens is 226 g/mol. The van der Waals surface area contributed by atoms with Crippen LogP contribution < -0.4 is 5.32 Å². The second-order valence-electron chi connectivity index (χ2n) is 4.30. The number of amides is 1. The highest BCUT2D eigenvalue weighted by atomic mass is 35.5. The van der Waals surface area contributed by atoms with Crippen LogP contribution in [0.1, 0.15) is 18.4 Å². The third kappa shape index (κ3) is 1.93. The van der Waals surface area contributed by atoms with E-state index in [0.29, 0.717) is 5.02 Å². The number of anilines is 1. The molecule has 1 fully saturated rings. The number of carbonyl (C=O) groups is 1. The molecule has 0 atom stereocenters. The molecule has 16 heavy (non-hydrogen) atoms. The van der Waals surface area contributed by atoms with Crippen LogP contribution in [0.15, 0.2) is 18.2 Å². The van der Waals surface area contributed by atoms with E-state index in [1.54, 1.807) is 12.1 Å². The van der Waals surface area contributed by atoms with Crippen molar-refractivity contribution in [2.45, 2.75) is 19.8 Å². The van der Waals surface area contributed by atoms with Crippen molar-refractivity contribution in [2.75, 3.05) is 11.9 Å². The highest BCUT2D eigenvalue weighted by Crippen LogP contribution is 2.46. The van der Waals surface area contributed by atoms with Crippen molar-refractivity contribution in [2.24, 2.45) is 5.41 Å². The zero-order valence-corrected chi connectivity index (χ0v) is 9.84. The Hall–Kier alpha value is -1.06. The summed E-state index contributed by atoms with van der Waals surface area (Å²) >= 11 is 5.96. The van der Waals surface area contributed by atoms with Crippen molar-refractivity contribution in [3.05, 3.63) is 28.8 Å². The molecule has 0 heterocycles. The van der Waals surface area contributed by atoms with E-state index in [0.717, 1.165) is 24.1 Å². The summed E-state index contributed by atoms with van der Waals surface area (Å²) in [5, 5.41) is 12.6. The Morgan fingerprint density at radius 1 is 1.56 bits per heavy atom. The Bertz CT molecular complexity index is 427. The quantitative estimate of drug-likeness (QED) is 0.851. The molecule has 0 bridgehead atoms. The van der Waals surface area contributed by atoms with E-state index in [-0.39, 0.29) is 12.5 Å². The Balaban J connectivity index is 2.15. The Morgan fingerprint density at radius 3 is 2.81 bits per heavy atom. The normalized spacial score (nSPS) is 16.9. The van der Waals surface area contributed by atoms with E-state index in [1.807, 2.05) is 13.0 Å². The lowest BCUT2D eigenvalue weighted by Crippen LogP contribution is -2.27. The molecule has 1 amide bonds. The maximum Gasteiger partial charge on any atom is 0.232 e. The minimum Gasteiger partial charge on any atom is -0.395 e. The molecule has 0 unspecified atom stereocenters. The van der Waals surface area contributed by atoms with Crippen molar-refractivity contribution in [1.82, 2.24) is 0 Å². The van der Waals surface area contributed by atoms with Gasteiger partial charge < -0.3 is 10.4 Å². The summed E-state index contributed by atoms with van der Waals surface area (Å²) in [6.45, 7) is 1.77. The first-order chi connectivity index (χ1) is 7.59. The molecule has 1 aliphatic rings. The number of halogens is 1. The second kappa shape index (κ2) is 4.07. The summed E-state index contributed by atoms with van der Waals surface area (Å²) in [5.74, 6) is -0.111. The van der Waals surface area contributed by atoms with E-state index in [9.17, 15) is 4.79 Å². The van der Waals surface area contributed by atoms with Crippen LogP contribution in [0.25, 0.3) is 0 Å². The average molecular weight is 240 g/mol. The highest BCUT2D eigenvalue weighted by Gasteiger charge is 2.49. The molecule has 1 aromatic carbocycles. The molecule has 0 aromatic heterocycles. The SMILES string of the molecule is Cc1c(Cl)cccc1NC(=O)C1(CO)CC1. The predicted molar refractivity (Wildman–Crippen MR) is 63.6 cm³/mol. The predicted octanol–water partition coefficient (Wildman–Crippen LogP) is 2.36. The van der Waals surface area contributed by atoms with E-state index < -0.39 is 5.41 Å². The second-order valence-corrected chi connectivity index (χ2v) is 4.71. The van der Waals surface area contributed by atoms with E-state index in [2.05, 4.69) is 5.32 Å². The number of benzene rings is 1. The molecule has 1 aromatic rings. The third-order valence-corrected chi connectivity index (χ3v) is 3.56.